The molecule has 0 saturated carbocycles. The Hall–Kier alpha value is -1.50. The average molecular weight is 269 g/mol. The summed E-state index contributed by atoms with van der Waals surface area (Å²) in [6.45, 7) is 6.44. The third-order valence-corrected chi connectivity index (χ3v) is 2.94. The summed E-state index contributed by atoms with van der Waals surface area (Å²) in [6.07, 6.45) is 0.995. The molecule has 1 unspecified atom stereocenters. The monoisotopic (exact) mass is 269 g/mol. The second kappa shape index (κ2) is 6.60. The van der Waals surface area contributed by atoms with E-state index in [9.17, 15) is 4.79 Å². The van der Waals surface area contributed by atoms with Gasteiger partial charge in [0.15, 0.2) is 5.82 Å². The van der Waals surface area contributed by atoms with E-state index < -0.39 is 5.41 Å². The van der Waals surface area contributed by atoms with Crippen LogP contribution in [-0.4, -0.2) is 39.3 Å². The zero-order chi connectivity index (χ0) is 14.5. The fraction of sp³-hybridized carbons (Fsp3) is 0.833. The summed E-state index contributed by atoms with van der Waals surface area (Å²) in [7, 11) is 1.69. The van der Waals surface area contributed by atoms with E-state index in [1.807, 2.05) is 13.8 Å². The van der Waals surface area contributed by atoms with Crippen LogP contribution in [-0.2, 0) is 23.0 Å². The number of aryl methyl sites for hydroxylation is 1. The third kappa shape index (κ3) is 3.99. The lowest BCUT2D eigenvalue weighted by molar-refractivity contribution is -0.156. The van der Waals surface area contributed by atoms with Gasteiger partial charge < -0.3 is 10.5 Å². The van der Waals surface area contributed by atoms with Crippen molar-refractivity contribution in [3.8, 4) is 0 Å². The van der Waals surface area contributed by atoms with E-state index in [1.54, 1.807) is 14.0 Å². The number of nitrogens with two attached hydrogens (primary N) is 1. The Labute approximate surface area is 113 Å². The van der Waals surface area contributed by atoms with Gasteiger partial charge >= 0.3 is 5.97 Å². The highest BCUT2D eigenvalue weighted by Crippen LogP contribution is 2.30. The van der Waals surface area contributed by atoms with E-state index in [0.717, 1.165) is 0 Å². The number of nitrogens with zero attached hydrogens (tertiary/aromatic N) is 4. The minimum atomic E-state index is -0.771. The van der Waals surface area contributed by atoms with Gasteiger partial charge in [0.1, 0.15) is 0 Å². The molecule has 1 aromatic heterocycles. The molecule has 0 amide bonds. The Kier molecular flexibility index (Phi) is 5.41. The van der Waals surface area contributed by atoms with Crippen LogP contribution in [0.1, 0.15) is 33.0 Å². The van der Waals surface area contributed by atoms with Crippen molar-refractivity contribution in [1.82, 2.24) is 20.2 Å². The number of carbonyl (C=O) groups excluding carboxylic acids is 1. The lowest BCUT2D eigenvalue weighted by Gasteiger charge is -2.30. The lowest BCUT2D eigenvalue weighted by Crippen LogP contribution is -2.43. The predicted octanol–water partition coefficient (Wildman–Crippen LogP) is 0.307. The van der Waals surface area contributed by atoms with Crippen LogP contribution in [0.15, 0.2) is 0 Å². The van der Waals surface area contributed by atoms with Crippen LogP contribution < -0.4 is 5.73 Å². The van der Waals surface area contributed by atoms with Crippen molar-refractivity contribution in [3.63, 3.8) is 0 Å². The summed E-state index contributed by atoms with van der Waals surface area (Å²) < 4.78 is 5.18. The summed E-state index contributed by atoms with van der Waals surface area (Å²) in [5.74, 6) is 0.560. The van der Waals surface area contributed by atoms with E-state index in [4.69, 9.17) is 10.5 Å². The number of aromatic nitrogens is 4. The third-order valence-electron chi connectivity index (χ3n) is 2.94. The second-order valence-corrected chi connectivity index (χ2v) is 5.17. The molecule has 0 saturated heterocycles. The van der Waals surface area contributed by atoms with E-state index in [-0.39, 0.29) is 12.5 Å². The zero-order valence-electron chi connectivity index (χ0n) is 12.1. The second-order valence-electron chi connectivity index (χ2n) is 5.17. The van der Waals surface area contributed by atoms with Gasteiger partial charge in [-0.15, -0.1) is 10.2 Å². The van der Waals surface area contributed by atoms with E-state index in [1.165, 1.54) is 4.80 Å². The van der Waals surface area contributed by atoms with Crippen molar-refractivity contribution in [2.75, 3.05) is 13.2 Å². The van der Waals surface area contributed by atoms with E-state index in [0.29, 0.717) is 31.2 Å². The highest BCUT2D eigenvalue weighted by atomic mass is 16.5. The van der Waals surface area contributed by atoms with Crippen LogP contribution in [0.3, 0.4) is 0 Å². The number of hydrogen-bond acceptors (Lipinski definition) is 6. The molecule has 1 heterocycles. The minimum Gasteiger partial charge on any atom is -0.466 e. The quantitative estimate of drug-likeness (QED) is 0.715. The van der Waals surface area contributed by atoms with Crippen LogP contribution in [0.2, 0.25) is 0 Å². The largest absolute Gasteiger partial charge is 0.466 e. The molecule has 0 aromatic carbocycles. The maximum Gasteiger partial charge on any atom is 0.313 e. The highest BCUT2D eigenvalue weighted by Gasteiger charge is 2.40. The molecule has 2 N–H and O–H groups in total. The normalized spacial score (nSPS) is 14.4. The number of esters is 1. The minimum absolute atomic E-state index is 0.211. The molecule has 0 fully saturated rings. The van der Waals surface area contributed by atoms with Crippen molar-refractivity contribution in [3.05, 3.63) is 5.82 Å². The topological polar surface area (TPSA) is 95.9 Å². The van der Waals surface area contributed by atoms with Gasteiger partial charge in [-0.2, -0.15) is 4.80 Å². The van der Waals surface area contributed by atoms with E-state index >= 15 is 0 Å². The first-order valence-electron chi connectivity index (χ1n) is 6.53. The first-order chi connectivity index (χ1) is 8.93. The number of hydrogen-bond donors (Lipinski definition) is 1. The van der Waals surface area contributed by atoms with Crippen LogP contribution >= 0.6 is 0 Å². The Bertz CT molecular complexity index is 418. The molecule has 0 aliphatic rings. The molecule has 7 heteroatoms. The summed E-state index contributed by atoms with van der Waals surface area (Å²) >= 11 is 0. The van der Waals surface area contributed by atoms with E-state index in [2.05, 4.69) is 15.4 Å². The van der Waals surface area contributed by atoms with Gasteiger partial charge in [0.05, 0.1) is 19.1 Å². The average Bonchev–Trinajstić information content (AvgIpc) is 2.73. The highest BCUT2D eigenvalue weighted by molar-refractivity contribution is 5.77. The standard InChI is InChI=1S/C12H23N5O2/c1-5-19-11(18)12(8-13,6-9(2)3)7-10-14-16-17(4)15-10/h9H,5-8,13H2,1-4H3. The molecular weight excluding hydrogens is 246 g/mol. The smallest absolute Gasteiger partial charge is 0.313 e. The van der Waals surface area contributed by atoms with Crippen LogP contribution in [0.5, 0.6) is 0 Å². The Morgan fingerprint density at radius 2 is 2.21 bits per heavy atom. The van der Waals surface area contributed by atoms with Crippen molar-refractivity contribution in [2.24, 2.45) is 24.1 Å². The number of ether oxygens (including phenoxy) is 1. The summed E-state index contributed by atoms with van der Waals surface area (Å²) in [6, 6.07) is 0. The first-order valence-corrected chi connectivity index (χ1v) is 6.53. The molecule has 0 bridgehead atoms. The molecule has 1 aromatic rings. The number of rotatable bonds is 7. The summed E-state index contributed by atoms with van der Waals surface area (Å²) in [5, 5.41) is 11.8. The van der Waals surface area contributed by atoms with Gasteiger partial charge in [-0.25, -0.2) is 0 Å². The van der Waals surface area contributed by atoms with Crippen molar-refractivity contribution < 1.29 is 9.53 Å². The molecule has 108 valence electrons. The zero-order valence-corrected chi connectivity index (χ0v) is 12.1. The Balaban J connectivity index is 2.98. The maximum atomic E-state index is 12.3. The molecule has 1 rings (SSSR count). The Morgan fingerprint density at radius 1 is 1.53 bits per heavy atom. The molecule has 0 aliphatic carbocycles. The predicted molar refractivity (Wildman–Crippen MR) is 70.1 cm³/mol. The molecular formula is C12H23N5O2. The van der Waals surface area contributed by atoms with Crippen LogP contribution in [0, 0.1) is 11.3 Å². The number of carbonyl (C=O) groups is 1. The van der Waals surface area contributed by atoms with Gasteiger partial charge in [-0.05, 0) is 24.5 Å². The SMILES string of the molecule is CCOC(=O)C(CN)(Cc1nnn(C)n1)CC(C)C. The molecule has 0 aliphatic heterocycles. The number of tetrazole rings is 1. The molecule has 7 nitrogen and oxygen atoms in total. The van der Waals surface area contributed by atoms with Gasteiger partial charge in [0, 0.05) is 13.0 Å². The summed E-state index contributed by atoms with van der Waals surface area (Å²) in [4.78, 5) is 13.6. The Morgan fingerprint density at radius 3 is 2.63 bits per heavy atom. The fourth-order valence-electron chi connectivity index (χ4n) is 2.23. The van der Waals surface area contributed by atoms with Gasteiger partial charge in [-0.1, -0.05) is 13.8 Å². The molecule has 1 atom stereocenters. The summed E-state index contributed by atoms with van der Waals surface area (Å²) in [5.41, 5.74) is 5.09. The van der Waals surface area contributed by atoms with Crippen LogP contribution in [0.4, 0.5) is 0 Å². The van der Waals surface area contributed by atoms with Gasteiger partial charge in [0.25, 0.3) is 0 Å². The van der Waals surface area contributed by atoms with Crippen molar-refractivity contribution >= 4 is 5.97 Å². The molecule has 0 spiro atoms. The molecule has 0 radical (unpaired) electrons. The molecule has 19 heavy (non-hydrogen) atoms. The fourth-order valence-corrected chi connectivity index (χ4v) is 2.23. The lowest BCUT2D eigenvalue weighted by atomic mass is 9.77. The van der Waals surface area contributed by atoms with Gasteiger partial charge in [0.2, 0.25) is 0 Å². The first kappa shape index (κ1) is 15.6. The van der Waals surface area contributed by atoms with Crippen molar-refractivity contribution in [1.29, 1.82) is 0 Å². The van der Waals surface area contributed by atoms with Crippen molar-refractivity contribution in [2.45, 2.75) is 33.6 Å². The van der Waals surface area contributed by atoms with Crippen LogP contribution in [0.25, 0.3) is 0 Å². The van der Waals surface area contributed by atoms with Gasteiger partial charge in [-0.3, -0.25) is 4.79 Å². The maximum absolute atomic E-state index is 12.3.